The first-order valence-corrected chi connectivity index (χ1v) is 12.9. The van der Waals surface area contributed by atoms with Crippen molar-refractivity contribution in [3.05, 3.63) is 114 Å². The Bertz CT molecular complexity index is 1990. The lowest BCUT2D eigenvalue weighted by atomic mass is 10.1. The fourth-order valence-corrected chi connectivity index (χ4v) is 4.12. The summed E-state index contributed by atoms with van der Waals surface area (Å²) in [5, 5.41) is 55.7. The zero-order valence-corrected chi connectivity index (χ0v) is 22.9. The minimum atomic E-state index is -1.30. The monoisotopic (exact) mass is 606 g/mol. The van der Waals surface area contributed by atoms with Gasteiger partial charge in [0.25, 0.3) is 5.91 Å². The minimum Gasteiger partial charge on any atom is -0.507 e. The van der Waals surface area contributed by atoms with E-state index < -0.39 is 29.3 Å². The van der Waals surface area contributed by atoms with Crippen LogP contribution >= 0.6 is 0 Å². The van der Waals surface area contributed by atoms with Crippen LogP contribution < -0.4 is 10.6 Å². The summed E-state index contributed by atoms with van der Waals surface area (Å²) >= 11 is 0. The second-order valence-corrected chi connectivity index (χ2v) is 9.32. The van der Waals surface area contributed by atoms with Crippen LogP contribution in [0.25, 0.3) is 22.8 Å². The summed E-state index contributed by atoms with van der Waals surface area (Å²) in [5.74, 6) is -4.04. The molecule has 0 aliphatic carbocycles. The molecule has 1 amide bonds. The highest BCUT2D eigenvalue weighted by Crippen LogP contribution is 2.27. The molecule has 0 atom stereocenters. The third-order valence-corrected chi connectivity index (χ3v) is 6.34. The van der Waals surface area contributed by atoms with Gasteiger partial charge < -0.3 is 31.1 Å². The van der Waals surface area contributed by atoms with Crippen LogP contribution in [0, 0.1) is 5.53 Å². The molecular formula is C30H22N8O7. The molecule has 0 radical (unpaired) electrons. The molecule has 7 N–H and O–H groups in total. The van der Waals surface area contributed by atoms with E-state index >= 15 is 0 Å². The van der Waals surface area contributed by atoms with Crippen molar-refractivity contribution < 1.29 is 34.8 Å². The number of carbonyl (C=O) groups excluding carboxylic acids is 1. The van der Waals surface area contributed by atoms with Crippen LogP contribution in [-0.2, 0) is 0 Å². The van der Waals surface area contributed by atoms with Crippen molar-refractivity contribution in [1.82, 2.24) is 20.0 Å². The third kappa shape index (κ3) is 6.62. The van der Waals surface area contributed by atoms with Crippen molar-refractivity contribution >= 4 is 34.9 Å². The molecule has 0 aliphatic heterocycles. The maximum absolute atomic E-state index is 13.3. The van der Waals surface area contributed by atoms with Crippen molar-refractivity contribution in [2.45, 2.75) is 0 Å². The van der Waals surface area contributed by atoms with Gasteiger partial charge >= 0.3 is 11.9 Å². The van der Waals surface area contributed by atoms with E-state index in [9.17, 15) is 29.7 Å². The second-order valence-electron chi connectivity index (χ2n) is 9.32. The van der Waals surface area contributed by atoms with Crippen LogP contribution in [0.15, 0.2) is 96.4 Å². The summed E-state index contributed by atoms with van der Waals surface area (Å²) in [7, 11) is 0. The number of benzene rings is 3. The van der Waals surface area contributed by atoms with Crippen LogP contribution in [0.4, 0.5) is 11.4 Å². The zero-order chi connectivity index (χ0) is 32.1. The number of aromatic nitrogens is 4. The van der Waals surface area contributed by atoms with Crippen molar-refractivity contribution in [2.24, 2.45) is 5.11 Å². The summed E-state index contributed by atoms with van der Waals surface area (Å²) in [6.45, 7) is 0. The van der Waals surface area contributed by atoms with Crippen LogP contribution in [0.2, 0.25) is 0 Å². The van der Waals surface area contributed by atoms with E-state index in [1.807, 2.05) is 0 Å². The largest absolute Gasteiger partial charge is 0.507 e. The zero-order valence-electron chi connectivity index (χ0n) is 22.9. The molecule has 0 spiro atoms. The number of rotatable bonds is 10. The van der Waals surface area contributed by atoms with Gasteiger partial charge in [-0.25, -0.2) is 24.8 Å². The highest BCUT2D eigenvalue weighted by Gasteiger charge is 2.18. The minimum absolute atomic E-state index is 0.0333. The molecule has 15 nitrogen and oxygen atoms in total. The fourth-order valence-electron chi connectivity index (χ4n) is 4.12. The molecule has 0 saturated heterocycles. The van der Waals surface area contributed by atoms with Crippen molar-refractivity contribution in [3.8, 4) is 28.6 Å². The van der Waals surface area contributed by atoms with Crippen molar-refractivity contribution in [1.29, 1.82) is 5.53 Å². The van der Waals surface area contributed by atoms with Crippen LogP contribution in [0.5, 0.6) is 11.5 Å². The third-order valence-electron chi connectivity index (χ3n) is 6.34. The summed E-state index contributed by atoms with van der Waals surface area (Å²) in [5.41, 5.74) is 8.85. The number of carbonyl (C=O) groups is 3. The topological polar surface area (TPSA) is 236 Å². The summed E-state index contributed by atoms with van der Waals surface area (Å²) < 4.78 is 1.28. The molecule has 45 heavy (non-hydrogen) atoms. The Kier molecular flexibility index (Phi) is 8.24. The number of nitrogens with zero attached hydrogens (tertiary/aromatic N) is 5. The maximum Gasteiger partial charge on any atom is 0.339 e. The van der Waals surface area contributed by atoms with E-state index in [0.717, 1.165) is 0 Å². The number of carboxylic acids is 2. The lowest BCUT2D eigenvalue weighted by Crippen LogP contribution is -2.13. The first kappa shape index (κ1) is 29.6. The number of para-hydroxylation sites is 1. The standard InChI is InChI=1S/C30H22N8O7/c31-35-24(14-32-18-6-8-20(29(42)43)26(39)12-18)22-10-16(28(41)33-17-4-2-1-3-5-17)11-23(34-22)25-15-38(37-36-25)19-7-9-21(30(44)45)27(40)13-19/h1-15,31-32,39-40H,(H,33,41)(H,42,43)(H,44,45)/b24-14-,35-31?. The Morgan fingerprint density at radius 1 is 0.822 bits per heavy atom. The molecule has 0 fully saturated rings. The first-order valence-electron chi connectivity index (χ1n) is 12.9. The highest BCUT2D eigenvalue weighted by molar-refractivity contribution is 6.05. The number of pyridine rings is 1. The molecule has 2 aromatic heterocycles. The Labute approximate surface area is 253 Å². The van der Waals surface area contributed by atoms with Gasteiger partial charge in [-0.3, -0.25) is 4.79 Å². The number of nitrogens with one attached hydrogen (secondary N) is 3. The van der Waals surface area contributed by atoms with Gasteiger partial charge in [0.05, 0.1) is 23.3 Å². The second kappa shape index (κ2) is 12.5. The normalized spacial score (nSPS) is 11.1. The SMILES string of the molecule is N=N/C(=C\Nc1ccc(C(=O)O)c(O)c1)c1cc(C(=O)Nc2ccccc2)cc(-c2cn(-c3ccc(C(=O)O)c(O)c3)nn2)n1. The predicted octanol–water partition coefficient (Wildman–Crippen LogP) is 4.83. The lowest BCUT2D eigenvalue weighted by Gasteiger charge is -2.10. The molecule has 3 aromatic carbocycles. The summed E-state index contributed by atoms with van der Waals surface area (Å²) in [6, 6.07) is 19.2. The lowest BCUT2D eigenvalue weighted by molar-refractivity contribution is 0.0682. The van der Waals surface area contributed by atoms with E-state index in [1.54, 1.807) is 30.3 Å². The van der Waals surface area contributed by atoms with Crippen LogP contribution in [-0.4, -0.2) is 58.2 Å². The molecular weight excluding hydrogens is 584 g/mol. The molecule has 0 bridgehead atoms. The van der Waals surface area contributed by atoms with E-state index in [2.05, 4.69) is 31.0 Å². The first-order chi connectivity index (χ1) is 21.6. The van der Waals surface area contributed by atoms with Gasteiger partial charge in [0.2, 0.25) is 0 Å². The van der Waals surface area contributed by atoms with Gasteiger partial charge in [-0.1, -0.05) is 23.4 Å². The highest BCUT2D eigenvalue weighted by atomic mass is 16.4. The van der Waals surface area contributed by atoms with Gasteiger partial charge in [0.15, 0.2) is 0 Å². The number of carboxylic acid groups (broad SMARTS) is 2. The van der Waals surface area contributed by atoms with Crippen LogP contribution in [0.1, 0.15) is 36.8 Å². The fraction of sp³-hybridized carbons (Fsp3) is 0. The Balaban J connectivity index is 1.53. The summed E-state index contributed by atoms with van der Waals surface area (Å²) in [4.78, 5) is 40.2. The smallest absolute Gasteiger partial charge is 0.339 e. The Morgan fingerprint density at radius 2 is 1.51 bits per heavy atom. The molecule has 5 rings (SSSR count). The summed E-state index contributed by atoms with van der Waals surface area (Å²) in [6.07, 6.45) is 2.74. The maximum atomic E-state index is 13.3. The van der Waals surface area contributed by atoms with Crippen LogP contribution in [0.3, 0.4) is 0 Å². The Morgan fingerprint density at radius 3 is 2.16 bits per heavy atom. The molecule has 2 heterocycles. The molecule has 15 heteroatoms. The van der Waals surface area contributed by atoms with Crippen molar-refractivity contribution in [3.63, 3.8) is 0 Å². The van der Waals surface area contributed by atoms with Crippen molar-refractivity contribution in [2.75, 3.05) is 10.6 Å². The molecule has 5 aromatic rings. The number of amides is 1. The van der Waals surface area contributed by atoms with E-state index in [4.69, 9.17) is 10.6 Å². The Hall–Kier alpha value is -6.90. The predicted molar refractivity (Wildman–Crippen MR) is 159 cm³/mol. The number of hydrogen-bond donors (Lipinski definition) is 7. The van der Waals surface area contributed by atoms with E-state index in [1.165, 1.54) is 65.6 Å². The number of aromatic hydroxyl groups is 2. The number of aromatic carboxylic acids is 2. The quantitative estimate of drug-likeness (QED) is 0.106. The van der Waals surface area contributed by atoms with Gasteiger partial charge in [-0.2, -0.15) is 5.11 Å². The molecule has 0 unspecified atom stereocenters. The van der Waals surface area contributed by atoms with Gasteiger partial charge in [-0.15, -0.1) is 5.10 Å². The average Bonchev–Trinajstić information content (AvgIpc) is 3.52. The van der Waals surface area contributed by atoms with E-state index in [-0.39, 0.29) is 45.2 Å². The average molecular weight is 607 g/mol. The molecule has 224 valence electrons. The number of anilines is 2. The molecule has 0 saturated carbocycles. The number of hydrogen-bond acceptors (Lipinski definition) is 11. The van der Waals surface area contributed by atoms with Gasteiger partial charge in [0, 0.05) is 35.3 Å². The van der Waals surface area contributed by atoms with Gasteiger partial charge in [0.1, 0.15) is 34.0 Å². The van der Waals surface area contributed by atoms with E-state index in [0.29, 0.717) is 11.4 Å². The number of phenols is 2. The van der Waals surface area contributed by atoms with Gasteiger partial charge in [-0.05, 0) is 48.5 Å². The molecule has 0 aliphatic rings.